The third kappa shape index (κ3) is 3.41. The molecule has 0 aliphatic carbocycles. The number of thiophene rings is 1. The Morgan fingerprint density at radius 1 is 1.06 bits per heavy atom. The van der Waals surface area contributed by atoms with Crippen LogP contribution in [0.5, 0.6) is 0 Å². The van der Waals surface area contributed by atoms with Crippen LogP contribution in [0.2, 0.25) is 0 Å². The van der Waals surface area contributed by atoms with Crippen LogP contribution < -0.4 is 5.46 Å². The first-order chi connectivity index (χ1) is 8.27. The van der Waals surface area contributed by atoms with E-state index in [1.807, 2.05) is 29.6 Å². The Morgan fingerprint density at radius 2 is 1.88 bits per heavy atom. The molecule has 2 rings (SSSR count). The second-order valence-corrected chi connectivity index (χ2v) is 4.68. The lowest BCUT2D eigenvalue weighted by atomic mass is 9.77. The lowest BCUT2D eigenvalue weighted by molar-refractivity contribution is 0.109. The van der Waals surface area contributed by atoms with Crippen molar-refractivity contribution in [1.82, 2.24) is 0 Å². The SMILES string of the molecule is OB(O)c1ccccc1COCc1cccs1. The van der Waals surface area contributed by atoms with E-state index in [0.29, 0.717) is 18.7 Å². The smallest absolute Gasteiger partial charge is 0.423 e. The molecule has 1 heterocycles. The zero-order valence-electron chi connectivity index (χ0n) is 9.24. The molecule has 17 heavy (non-hydrogen) atoms. The van der Waals surface area contributed by atoms with E-state index < -0.39 is 7.12 Å². The fourth-order valence-corrected chi connectivity index (χ4v) is 2.21. The average Bonchev–Trinajstić information content (AvgIpc) is 2.82. The van der Waals surface area contributed by atoms with E-state index in [2.05, 4.69) is 0 Å². The molecule has 0 saturated heterocycles. The minimum absolute atomic E-state index is 0.381. The van der Waals surface area contributed by atoms with Gasteiger partial charge in [-0.1, -0.05) is 30.3 Å². The molecule has 0 atom stereocenters. The molecular weight excluding hydrogens is 235 g/mol. The van der Waals surface area contributed by atoms with Gasteiger partial charge in [-0.15, -0.1) is 11.3 Å². The van der Waals surface area contributed by atoms with Crippen LogP contribution >= 0.6 is 11.3 Å². The molecule has 3 nitrogen and oxygen atoms in total. The van der Waals surface area contributed by atoms with Gasteiger partial charge in [-0.3, -0.25) is 0 Å². The standard InChI is InChI=1S/C12H13BO3S/c14-13(15)12-6-2-1-4-10(12)8-16-9-11-5-3-7-17-11/h1-7,14-15H,8-9H2. The third-order valence-corrected chi connectivity index (χ3v) is 3.27. The van der Waals surface area contributed by atoms with Crippen LogP contribution in [0.25, 0.3) is 0 Å². The summed E-state index contributed by atoms with van der Waals surface area (Å²) in [6.07, 6.45) is 0. The average molecular weight is 248 g/mol. The maximum Gasteiger partial charge on any atom is 0.488 e. The lowest BCUT2D eigenvalue weighted by Crippen LogP contribution is -2.33. The quantitative estimate of drug-likeness (QED) is 0.780. The summed E-state index contributed by atoms with van der Waals surface area (Å²) < 4.78 is 5.54. The van der Waals surface area contributed by atoms with E-state index in [1.165, 1.54) is 0 Å². The Bertz CT molecular complexity index is 457. The minimum atomic E-state index is -1.45. The summed E-state index contributed by atoms with van der Waals surface area (Å²) in [5.74, 6) is 0. The maximum absolute atomic E-state index is 9.19. The highest BCUT2D eigenvalue weighted by Crippen LogP contribution is 2.10. The molecule has 1 aromatic carbocycles. The van der Waals surface area contributed by atoms with Gasteiger partial charge in [0.1, 0.15) is 0 Å². The van der Waals surface area contributed by atoms with E-state index in [4.69, 9.17) is 4.74 Å². The number of hydrogen-bond donors (Lipinski definition) is 2. The fourth-order valence-electron chi connectivity index (χ4n) is 1.57. The molecule has 0 aliphatic heterocycles. The largest absolute Gasteiger partial charge is 0.488 e. The monoisotopic (exact) mass is 248 g/mol. The van der Waals surface area contributed by atoms with E-state index in [0.717, 1.165) is 10.4 Å². The summed E-state index contributed by atoms with van der Waals surface area (Å²) in [6.45, 7) is 0.930. The summed E-state index contributed by atoms with van der Waals surface area (Å²) in [4.78, 5) is 1.16. The fraction of sp³-hybridized carbons (Fsp3) is 0.167. The number of ether oxygens (including phenoxy) is 1. The first-order valence-corrected chi connectivity index (χ1v) is 6.19. The highest BCUT2D eigenvalue weighted by atomic mass is 32.1. The molecule has 2 aromatic rings. The second-order valence-electron chi connectivity index (χ2n) is 3.64. The minimum Gasteiger partial charge on any atom is -0.423 e. The van der Waals surface area contributed by atoms with Crippen molar-refractivity contribution in [2.24, 2.45) is 0 Å². The van der Waals surface area contributed by atoms with Crippen molar-refractivity contribution in [3.05, 3.63) is 52.2 Å². The van der Waals surface area contributed by atoms with E-state index in [1.54, 1.807) is 23.5 Å². The van der Waals surface area contributed by atoms with Crippen molar-refractivity contribution in [3.63, 3.8) is 0 Å². The van der Waals surface area contributed by atoms with Crippen LogP contribution in [0.4, 0.5) is 0 Å². The molecule has 0 saturated carbocycles. The molecule has 0 bridgehead atoms. The third-order valence-electron chi connectivity index (χ3n) is 2.42. The molecule has 88 valence electrons. The van der Waals surface area contributed by atoms with Crippen molar-refractivity contribution in [3.8, 4) is 0 Å². The summed E-state index contributed by atoms with van der Waals surface area (Å²) in [5, 5.41) is 20.4. The summed E-state index contributed by atoms with van der Waals surface area (Å²) >= 11 is 1.64. The molecule has 0 amide bonds. The Kier molecular flexibility index (Phi) is 4.33. The van der Waals surface area contributed by atoms with Crippen LogP contribution in [-0.4, -0.2) is 17.2 Å². The predicted molar refractivity (Wildman–Crippen MR) is 69.1 cm³/mol. The van der Waals surface area contributed by atoms with Crippen molar-refractivity contribution in [2.75, 3.05) is 0 Å². The van der Waals surface area contributed by atoms with Gasteiger partial charge >= 0.3 is 7.12 Å². The number of hydrogen-bond acceptors (Lipinski definition) is 4. The summed E-state index contributed by atoms with van der Waals surface area (Å²) in [7, 11) is -1.45. The summed E-state index contributed by atoms with van der Waals surface area (Å²) in [5.41, 5.74) is 1.30. The van der Waals surface area contributed by atoms with Crippen molar-refractivity contribution in [2.45, 2.75) is 13.2 Å². The molecule has 5 heteroatoms. The molecule has 0 aliphatic rings. The van der Waals surface area contributed by atoms with Crippen LogP contribution in [-0.2, 0) is 18.0 Å². The number of benzene rings is 1. The Hall–Kier alpha value is -1.14. The van der Waals surface area contributed by atoms with Gasteiger partial charge in [-0.25, -0.2) is 0 Å². The summed E-state index contributed by atoms with van der Waals surface area (Å²) in [6, 6.07) is 11.2. The predicted octanol–water partition coefficient (Wildman–Crippen LogP) is 1.14. The molecular formula is C12H13BO3S. The lowest BCUT2D eigenvalue weighted by Gasteiger charge is -2.08. The van der Waals surface area contributed by atoms with Gasteiger partial charge in [0.25, 0.3) is 0 Å². The van der Waals surface area contributed by atoms with Gasteiger partial charge < -0.3 is 14.8 Å². The highest BCUT2D eigenvalue weighted by Gasteiger charge is 2.14. The molecule has 0 fully saturated rings. The van der Waals surface area contributed by atoms with Gasteiger partial charge in [-0.2, -0.15) is 0 Å². The van der Waals surface area contributed by atoms with E-state index in [-0.39, 0.29) is 0 Å². The molecule has 1 aromatic heterocycles. The first-order valence-electron chi connectivity index (χ1n) is 5.31. The van der Waals surface area contributed by atoms with Crippen molar-refractivity contribution < 1.29 is 14.8 Å². The molecule has 2 N–H and O–H groups in total. The Labute approximate surface area is 104 Å². The van der Waals surface area contributed by atoms with Gasteiger partial charge in [0.15, 0.2) is 0 Å². The van der Waals surface area contributed by atoms with E-state index >= 15 is 0 Å². The van der Waals surface area contributed by atoms with Gasteiger partial charge in [0.05, 0.1) is 13.2 Å². The Morgan fingerprint density at radius 3 is 2.59 bits per heavy atom. The van der Waals surface area contributed by atoms with Crippen LogP contribution in [0.3, 0.4) is 0 Å². The molecule has 0 unspecified atom stereocenters. The zero-order valence-corrected chi connectivity index (χ0v) is 10.1. The van der Waals surface area contributed by atoms with Gasteiger partial charge in [0, 0.05) is 4.88 Å². The van der Waals surface area contributed by atoms with Crippen molar-refractivity contribution >= 4 is 23.9 Å². The normalized spacial score (nSPS) is 10.5. The zero-order chi connectivity index (χ0) is 12.1. The molecule has 0 spiro atoms. The highest BCUT2D eigenvalue weighted by molar-refractivity contribution is 7.09. The molecule has 0 radical (unpaired) electrons. The second kappa shape index (κ2) is 5.98. The number of rotatable bonds is 5. The van der Waals surface area contributed by atoms with Gasteiger partial charge in [-0.05, 0) is 22.5 Å². The maximum atomic E-state index is 9.19. The Balaban J connectivity index is 1.94. The first kappa shape index (κ1) is 12.3. The van der Waals surface area contributed by atoms with Crippen LogP contribution in [0.1, 0.15) is 10.4 Å². The van der Waals surface area contributed by atoms with Gasteiger partial charge in [0.2, 0.25) is 0 Å². The van der Waals surface area contributed by atoms with Crippen LogP contribution in [0.15, 0.2) is 41.8 Å². The van der Waals surface area contributed by atoms with Crippen molar-refractivity contribution in [1.29, 1.82) is 0 Å². The van der Waals surface area contributed by atoms with E-state index in [9.17, 15) is 10.0 Å². The van der Waals surface area contributed by atoms with Crippen LogP contribution in [0, 0.1) is 0 Å². The topological polar surface area (TPSA) is 49.7 Å².